The summed E-state index contributed by atoms with van der Waals surface area (Å²) < 4.78 is 44.0. The molecular formula is C23H26N4O8S. The van der Waals surface area contributed by atoms with E-state index in [-0.39, 0.29) is 48.2 Å². The van der Waals surface area contributed by atoms with Crippen molar-refractivity contribution in [3.05, 3.63) is 52.1 Å². The van der Waals surface area contributed by atoms with Crippen LogP contribution in [0.15, 0.2) is 41.3 Å². The highest BCUT2D eigenvalue weighted by Gasteiger charge is 2.32. The molecule has 0 aliphatic carbocycles. The highest BCUT2D eigenvalue weighted by atomic mass is 32.2. The second kappa shape index (κ2) is 9.91. The first-order valence-electron chi connectivity index (χ1n) is 11.6. The van der Waals surface area contributed by atoms with E-state index < -0.39 is 14.9 Å². The van der Waals surface area contributed by atoms with Crippen molar-refractivity contribution >= 4 is 27.3 Å². The van der Waals surface area contributed by atoms with Crippen LogP contribution in [-0.4, -0.2) is 94.1 Å². The van der Waals surface area contributed by atoms with Crippen LogP contribution in [0, 0.1) is 10.1 Å². The quantitative estimate of drug-likeness (QED) is 0.425. The number of amides is 1. The predicted molar refractivity (Wildman–Crippen MR) is 128 cm³/mol. The molecule has 0 saturated carbocycles. The lowest BCUT2D eigenvalue weighted by Gasteiger charge is -2.35. The van der Waals surface area contributed by atoms with Gasteiger partial charge in [0.05, 0.1) is 23.0 Å². The van der Waals surface area contributed by atoms with Gasteiger partial charge in [0.1, 0.15) is 18.9 Å². The number of carbonyl (C=O) groups is 1. The van der Waals surface area contributed by atoms with Crippen molar-refractivity contribution in [1.29, 1.82) is 0 Å². The van der Waals surface area contributed by atoms with Gasteiger partial charge >= 0.3 is 0 Å². The van der Waals surface area contributed by atoms with E-state index in [4.69, 9.17) is 14.2 Å². The number of morpholine rings is 1. The maximum atomic E-state index is 13.2. The molecule has 3 heterocycles. The van der Waals surface area contributed by atoms with Crippen LogP contribution in [0.5, 0.6) is 11.5 Å². The molecule has 36 heavy (non-hydrogen) atoms. The smallest absolute Gasteiger partial charge is 0.293 e. The zero-order valence-corrected chi connectivity index (χ0v) is 20.3. The van der Waals surface area contributed by atoms with E-state index in [0.717, 1.165) is 0 Å². The number of nitro benzene ring substituents is 1. The number of nitrogens with zero attached hydrogens (tertiary/aromatic N) is 4. The summed E-state index contributed by atoms with van der Waals surface area (Å²) in [6, 6.07) is 8.98. The summed E-state index contributed by atoms with van der Waals surface area (Å²) in [4.78, 5) is 27.6. The number of anilines is 1. The number of rotatable bonds is 5. The van der Waals surface area contributed by atoms with Gasteiger partial charge < -0.3 is 24.0 Å². The van der Waals surface area contributed by atoms with Gasteiger partial charge in [-0.2, -0.15) is 4.31 Å². The third-order valence-corrected chi connectivity index (χ3v) is 8.34. The summed E-state index contributed by atoms with van der Waals surface area (Å²) in [5.41, 5.74) is 0.416. The second-order valence-corrected chi connectivity index (χ2v) is 10.5. The Balaban J connectivity index is 1.31. The summed E-state index contributed by atoms with van der Waals surface area (Å²) in [5.74, 6) is 0.625. The number of sulfonamides is 1. The molecule has 192 valence electrons. The molecule has 13 heteroatoms. The third-order valence-electron chi connectivity index (χ3n) is 6.45. The van der Waals surface area contributed by atoms with E-state index in [2.05, 4.69) is 0 Å². The minimum absolute atomic E-state index is 0.108. The number of nitro groups is 1. The lowest BCUT2D eigenvalue weighted by atomic mass is 10.1. The Morgan fingerprint density at radius 1 is 0.861 bits per heavy atom. The van der Waals surface area contributed by atoms with Gasteiger partial charge in [-0.1, -0.05) is 0 Å². The molecule has 3 aliphatic rings. The molecule has 0 atom stereocenters. The summed E-state index contributed by atoms with van der Waals surface area (Å²) in [6.45, 7) is 3.35. The first-order chi connectivity index (χ1) is 17.3. The molecule has 2 saturated heterocycles. The molecule has 0 bridgehead atoms. The maximum absolute atomic E-state index is 13.2. The molecule has 0 radical (unpaired) electrons. The average molecular weight is 519 g/mol. The van der Waals surface area contributed by atoms with Gasteiger partial charge in [0.25, 0.3) is 11.6 Å². The van der Waals surface area contributed by atoms with E-state index in [9.17, 15) is 23.3 Å². The molecule has 2 fully saturated rings. The minimum atomic E-state index is -3.78. The van der Waals surface area contributed by atoms with E-state index in [1.54, 1.807) is 28.0 Å². The SMILES string of the molecule is O=C(c1ccc(N2CCN(S(=O)(=O)c3ccc4c(c3)OCCO4)CC2)c([N+](=O)[O-])c1)N1CCOCC1. The molecule has 0 spiro atoms. The van der Waals surface area contributed by atoms with Crippen LogP contribution in [-0.2, 0) is 14.8 Å². The fourth-order valence-corrected chi connectivity index (χ4v) is 5.96. The van der Waals surface area contributed by atoms with Crippen LogP contribution in [0.2, 0.25) is 0 Å². The van der Waals surface area contributed by atoms with Gasteiger partial charge in [-0.15, -0.1) is 0 Å². The van der Waals surface area contributed by atoms with Crippen LogP contribution in [0.4, 0.5) is 11.4 Å². The Kier molecular flexibility index (Phi) is 6.69. The van der Waals surface area contributed by atoms with Gasteiger partial charge in [0.2, 0.25) is 10.0 Å². The molecule has 2 aromatic rings. The van der Waals surface area contributed by atoms with Crippen LogP contribution in [0.3, 0.4) is 0 Å². The molecule has 0 aromatic heterocycles. The van der Waals surface area contributed by atoms with E-state index >= 15 is 0 Å². The van der Waals surface area contributed by atoms with Crippen molar-refractivity contribution in [1.82, 2.24) is 9.21 Å². The summed E-state index contributed by atoms with van der Waals surface area (Å²) >= 11 is 0. The number of carbonyl (C=O) groups excluding carboxylic acids is 1. The van der Waals surface area contributed by atoms with Crippen LogP contribution in [0.1, 0.15) is 10.4 Å². The lowest BCUT2D eigenvalue weighted by molar-refractivity contribution is -0.384. The van der Waals surface area contributed by atoms with Crippen LogP contribution < -0.4 is 14.4 Å². The van der Waals surface area contributed by atoms with Crippen molar-refractivity contribution in [2.75, 3.05) is 70.6 Å². The first-order valence-corrected chi connectivity index (χ1v) is 13.1. The molecular weight excluding hydrogens is 492 g/mol. The Labute approximate surface area is 208 Å². The first kappa shape index (κ1) is 24.3. The molecule has 0 N–H and O–H groups in total. The van der Waals surface area contributed by atoms with Crippen molar-refractivity contribution in [2.24, 2.45) is 0 Å². The average Bonchev–Trinajstić information content (AvgIpc) is 2.92. The van der Waals surface area contributed by atoms with Crippen molar-refractivity contribution < 1.29 is 32.3 Å². The Hall–Kier alpha value is -3.42. The Morgan fingerprint density at radius 2 is 1.56 bits per heavy atom. The fourth-order valence-electron chi connectivity index (χ4n) is 4.52. The number of hydrogen-bond acceptors (Lipinski definition) is 9. The molecule has 3 aliphatic heterocycles. The second-order valence-electron chi connectivity index (χ2n) is 8.56. The van der Waals surface area contributed by atoms with Crippen LogP contribution >= 0.6 is 0 Å². The molecule has 12 nitrogen and oxygen atoms in total. The largest absolute Gasteiger partial charge is 0.486 e. The Bertz CT molecular complexity index is 1270. The topological polar surface area (TPSA) is 132 Å². The highest BCUT2D eigenvalue weighted by Crippen LogP contribution is 2.34. The zero-order valence-electron chi connectivity index (χ0n) is 19.5. The van der Waals surface area contributed by atoms with E-state index in [0.29, 0.717) is 56.7 Å². The van der Waals surface area contributed by atoms with Gasteiger partial charge in [0.15, 0.2) is 11.5 Å². The highest BCUT2D eigenvalue weighted by molar-refractivity contribution is 7.89. The number of piperazine rings is 1. The normalized spacial score (nSPS) is 18.7. The summed E-state index contributed by atoms with van der Waals surface area (Å²) in [6.07, 6.45) is 0. The Morgan fingerprint density at radius 3 is 2.25 bits per heavy atom. The van der Waals surface area contributed by atoms with Crippen molar-refractivity contribution in [3.63, 3.8) is 0 Å². The lowest BCUT2D eigenvalue weighted by Crippen LogP contribution is -2.48. The molecule has 2 aromatic carbocycles. The van der Waals surface area contributed by atoms with Gasteiger partial charge in [-0.25, -0.2) is 8.42 Å². The number of fused-ring (bicyclic) bond motifs is 1. The van der Waals surface area contributed by atoms with Crippen molar-refractivity contribution in [3.8, 4) is 11.5 Å². The monoisotopic (exact) mass is 518 g/mol. The molecule has 1 amide bonds. The van der Waals surface area contributed by atoms with Gasteiger partial charge in [-0.05, 0) is 24.3 Å². The van der Waals surface area contributed by atoms with Gasteiger partial charge in [-0.3, -0.25) is 14.9 Å². The third kappa shape index (κ3) is 4.68. The predicted octanol–water partition coefficient (Wildman–Crippen LogP) is 1.35. The standard InChI is InChI=1S/C23H26N4O8S/c28-23(25-9-11-33-12-10-25)17-1-3-19(20(15-17)27(29)30)24-5-7-26(8-6-24)36(31,32)18-2-4-21-22(16-18)35-14-13-34-21/h1-4,15-16H,5-14H2. The zero-order chi connectivity index (χ0) is 25.3. The molecule has 0 unspecified atom stereocenters. The summed E-state index contributed by atoms with van der Waals surface area (Å²) in [5, 5.41) is 11.8. The number of hydrogen-bond donors (Lipinski definition) is 0. The van der Waals surface area contributed by atoms with Gasteiger partial charge in [0, 0.05) is 57.0 Å². The minimum Gasteiger partial charge on any atom is -0.486 e. The van der Waals surface area contributed by atoms with E-state index in [1.165, 1.54) is 22.5 Å². The fraction of sp³-hybridized carbons (Fsp3) is 0.435. The number of ether oxygens (including phenoxy) is 3. The maximum Gasteiger partial charge on any atom is 0.293 e. The summed E-state index contributed by atoms with van der Waals surface area (Å²) in [7, 11) is -3.78. The van der Waals surface area contributed by atoms with Crippen molar-refractivity contribution in [2.45, 2.75) is 4.90 Å². The number of benzene rings is 2. The van der Waals surface area contributed by atoms with E-state index in [1.807, 2.05) is 0 Å². The molecule has 5 rings (SSSR count). The van der Waals surface area contributed by atoms with Crippen LogP contribution in [0.25, 0.3) is 0 Å².